The van der Waals surface area contributed by atoms with Crippen molar-refractivity contribution in [3.63, 3.8) is 0 Å². The molecule has 4 heterocycles. The summed E-state index contributed by atoms with van der Waals surface area (Å²) in [6.45, 7) is 3.23. The molecule has 1 aliphatic carbocycles. The molecule has 2 atom stereocenters. The van der Waals surface area contributed by atoms with E-state index in [1.807, 2.05) is 4.57 Å². The first-order chi connectivity index (χ1) is 17.4. The zero-order chi connectivity index (χ0) is 25.4. The average Bonchev–Trinajstić information content (AvgIpc) is 3.46. The number of pyridine rings is 2. The molecule has 7 nitrogen and oxygen atoms in total. The zero-order valence-corrected chi connectivity index (χ0v) is 21.1. The Labute approximate surface area is 214 Å². The Kier molecular flexibility index (Phi) is 7.09. The van der Waals surface area contributed by atoms with Crippen molar-refractivity contribution in [2.45, 2.75) is 64.1 Å². The van der Waals surface area contributed by atoms with Crippen molar-refractivity contribution < 1.29 is 13.5 Å². The highest BCUT2D eigenvalue weighted by Gasteiger charge is 2.41. The average molecular weight is 515 g/mol. The van der Waals surface area contributed by atoms with E-state index >= 15 is 0 Å². The first kappa shape index (κ1) is 24.8. The molecule has 1 saturated heterocycles. The maximum absolute atomic E-state index is 14.2. The van der Waals surface area contributed by atoms with Gasteiger partial charge >= 0.3 is 0 Å². The SMILES string of the molecule is CO[C@@H]1C[C@@H](C(F)F)N(c2nc3cc(C#N)nc(-c4cncc(Cl)c4)c3n2C[C@H]2CC[C@H](C)CC2)C1. The molecular formula is C26H29ClF2N6O. The lowest BCUT2D eigenvalue weighted by Gasteiger charge is -2.30. The van der Waals surface area contributed by atoms with Gasteiger partial charge in [0.25, 0.3) is 6.43 Å². The van der Waals surface area contributed by atoms with Crippen molar-refractivity contribution in [1.29, 1.82) is 5.26 Å². The van der Waals surface area contributed by atoms with Crippen LogP contribution in [0.25, 0.3) is 22.3 Å². The van der Waals surface area contributed by atoms with Gasteiger partial charge in [0, 0.05) is 50.6 Å². The molecule has 10 heteroatoms. The Hall–Kier alpha value is -2.83. The van der Waals surface area contributed by atoms with Gasteiger partial charge in [-0.3, -0.25) is 4.98 Å². The topological polar surface area (TPSA) is 79.9 Å². The molecule has 3 aromatic rings. The number of alkyl halides is 2. The molecule has 1 saturated carbocycles. The van der Waals surface area contributed by atoms with E-state index in [0.29, 0.717) is 58.2 Å². The summed E-state index contributed by atoms with van der Waals surface area (Å²) in [6, 6.07) is 4.47. The number of ether oxygens (including phenoxy) is 1. The number of halogens is 3. The van der Waals surface area contributed by atoms with Gasteiger partial charge in [-0.15, -0.1) is 0 Å². The lowest BCUT2D eigenvalue weighted by atomic mass is 9.83. The van der Waals surface area contributed by atoms with Crippen molar-refractivity contribution in [2.75, 3.05) is 18.6 Å². The van der Waals surface area contributed by atoms with Crippen LogP contribution in [-0.4, -0.2) is 51.7 Å². The first-order valence-electron chi connectivity index (χ1n) is 12.4. The fourth-order valence-electron chi connectivity index (χ4n) is 5.57. The quantitative estimate of drug-likeness (QED) is 0.419. The second kappa shape index (κ2) is 10.3. The molecule has 0 bridgehead atoms. The standard InChI is InChI=1S/C26H29ClF2N6O/c1-15-3-5-16(6-4-15)13-35-24-21(33-26(35)34-14-20(36-2)9-22(34)25(28)29)8-19(10-30)32-23(24)17-7-18(27)12-31-11-17/h7-8,11-12,15-16,20,22,25H,3-6,9,13-14H2,1-2H3/t15-,16-,20-,22+/m1/s1. The maximum atomic E-state index is 14.2. The van der Waals surface area contributed by atoms with Crippen molar-refractivity contribution in [1.82, 2.24) is 19.5 Å². The van der Waals surface area contributed by atoms with Gasteiger partial charge in [0.1, 0.15) is 11.8 Å². The van der Waals surface area contributed by atoms with Crippen LogP contribution in [0.5, 0.6) is 0 Å². The molecule has 0 aromatic carbocycles. The molecular weight excluding hydrogens is 486 g/mol. The van der Waals surface area contributed by atoms with Crippen LogP contribution in [-0.2, 0) is 11.3 Å². The number of rotatable bonds is 6. The van der Waals surface area contributed by atoms with Crippen LogP contribution in [0.15, 0.2) is 24.5 Å². The summed E-state index contributed by atoms with van der Waals surface area (Å²) >= 11 is 6.24. The van der Waals surface area contributed by atoms with Crippen LogP contribution in [0, 0.1) is 23.2 Å². The highest BCUT2D eigenvalue weighted by molar-refractivity contribution is 6.30. The molecule has 1 aliphatic heterocycles. The number of methoxy groups -OCH3 is 1. The molecule has 0 amide bonds. The maximum Gasteiger partial charge on any atom is 0.258 e. The highest BCUT2D eigenvalue weighted by Crippen LogP contribution is 2.38. The summed E-state index contributed by atoms with van der Waals surface area (Å²) in [6.07, 6.45) is 4.97. The second-order valence-corrected chi connectivity index (χ2v) is 10.5. The van der Waals surface area contributed by atoms with Crippen molar-refractivity contribution in [3.8, 4) is 17.3 Å². The smallest absolute Gasteiger partial charge is 0.258 e. The van der Waals surface area contributed by atoms with Gasteiger partial charge < -0.3 is 14.2 Å². The van der Waals surface area contributed by atoms with Gasteiger partial charge in [0.15, 0.2) is 0 Å². The predicted octanol–water partition coefficient (Wildman–Crippen LogP) is 5.70. The highest BCUT2D eigenvalue weighted by atomic mass is 35.5. The minimum atomic E-state index is -2.54. The fraction of sp³-hybridized carbons (Fsp3) is 0.538. The van der Waals surface area contributed by atoms with Gasteiger partial charge in [0.05, 0.1) is 33.9 Å². The van der Waals surface area contributed by atoms with Gasteiger partial charge in [-0.05, 0) is 30.7 Å². The summed E-state index contributed by atoms with van der Waals surface area (Å²) < 4.78 is 35.8. The second-order valence-electron chi connectivity index (χ2n) is 10.0. The Morgan fingerprint density at radius 1 is 1.19 bits per heavy atom. The Morgan fingerprint density at radius 3 is 2.64 bits per heavy atom. The zero-order valence-electron chi connectivity index (χ0n) is 20.4. The van der Waals surface area contributed by atoms with Gasteiger partial charge in [-0.2, -0.15) is 5.26 Å². The Bertz CT molecular complexity index is 1280. The number of nitriles is 1. The molecule has 190 valence electrons. The van der Waals surface area contributed by atoms with Crippen LogP contribution in [0.4, 0.5) is 14.7 Å². The van der Waals surface area contributed by atoms with Crippen LogP contribution >= 0.6 is 11.6 Å². The number of aromatic nitrogens is 4. The van der Waals surface area contributed by atoms with E-state index in [-0.39, 0.29) is 18.2 Å². The Balaban J connectivity index is 1.71. The molecule has 2 fully saturated rings. The first-order valence-corrected chi connectivity index (χ1v) is 12.8. The van der Waals surface area contributed by atoms with Crippen molar-refractivity contribution in [2.24, 2.45) is 11.8 Å². The van der Waals surface area contributed by atoms with E-state index in [4.69, 9.17) is 21.3 Å². The van der Waals surface area contributed by atoms with Crippen LogP contribution < -0.4 is 4.90 Å². The lowest BCUT2D eigenvalue weighted by Crippen LogP contribution is -2.37. The van der Waals surface area contributed by atoms with Gasteiger partial charge in [-0.25, -0.2) is 18.7 Å². The number of fused-ring (bicyclic) bond motifs is 1. The van der Waals surface area contributed by atoms with E-state index in [2.05, 4.69) is 23.0 Å². The molecule has 2 aliphatic rings. The van der Waals surface area contributed by atoms with Gasteiger partial charge in [0.2, 0.25) is 5.95 Å². The third kappa shape index (κ3) is 4.76. The summed E-state index contributed by atoms with van der Waals surface area (Å²) in [7, 11) is 1.55. The largest absolute Gasteiger partial charge is 0.380 e. The third-order valence-corrected chi connectivity index (χ3v) is 7.77. The van der Waals surface area contributed by atoms with Crippen LogP contribution in [0.2, 0.25) is 5.02 Å². The van der Waals surface area contributed by atoms with E-state index in [9.17, 15) is 14.0 Å². The summed E-state index contributed by atoms with van der Waals surface area (Å²) in [4.78, 5) is 15.3. The molecule has 36 heavy (non-hydrogen) atoms. The number of nitrogens with zero attached hydrogens (tertiary/aromatic N) is 6. The number of imidazole rings is 1. The van der Waals surface area contributed by atoms with E-state index in [0.717, 1.165) is 25.7 Å². The minimum absolute atomic E-state index is 0.196. The van der Waals surface area contributed by atoms with Crippen molar-refractivity contribution in [3.05, 3.63) is 35.2 Å². The Morgan fingerprint density at radius 2 is 1.97 bits per heavy atom. The molecule has 0 unspecified atom stereocenters. The summed E-state index contributed by atoms with van der Waals surface area (Å²) in [5.41, 5.74) is 2.63. The predicted molar refractivity (Wildman–Crippen MR) is 134 cm³/mol. The summed E-state index contributed by atoms with van der Waals surface area (Å²) in [5, 5.41) is 10.1. The number of anilines is 1. The molecule has 0 spiro atoms. The van der Waals surface area contributed by atoms with Crippen LogP contribution in [0.1, 0.15) is 44.7 Å². The summed E-state index contributed by atoms with van der Waals surface area (Å²) in [5.74, 6) is 1.56. The molecule has 0 N–H and O–H groups in total. The molecule has 3 aromatic heterocycles. The normalized spacial score (nSPS) is 24.5. The molecule has 0 radical (unpaired) electrons. The monoisotopic (exact) mass is 514 g/mol. The van der Waals surface area contributed by atoms with E-state index in [1.54, 1.807) is 30.3 Å². The fourth-order valence-corrected chi connectivity index (χ4v) is 5.75. The third-order valence-electron chi connectivity index (χ3n) is 7.56. The molecule has 5 rings (SSSR count). The van der Waals surface area contributed by atoms with E-state index < -0.39 is 12.5 Å². The number of hydrogen-bond acceptors (Lipinski definition) is 6. The lowest BCUT2D eigenvalue weighted by molar-refractivity contribution is 0.0869. The van der Waals surface area contributed by atoms with Crippen LogP contribution in [0.3, 0.4) is 0 Å². The van der Waals surface area contributed by atoms with Gasteiger partial charge in [-0.1, -0.05) is 31.4 Å². The minimum Gasteiger partial charge on any atom is -0.380 e. The van der Waals surface area contributed by atoms with Crippen molar-refractivity contribution >= 4 is 28.6 Å². The number of hydrogen-bond donors (Lipinski definition) is 0. The van der Waals surface area contributed by atoms with E-state index in [1.165, 1.54) is 6.20 Å².